The fraction of sp³-hybridized carbons (Fsp3) is 0.211. The molecule has 1 amide bonds. The summed E-state index contributed by atoms with van der Waals surface area (Å²) >= 11 is 0. The van der Waals surface area contributed by atoms with Gasteiger partial charge in [-0.05, 0) is 43.3 Å². The Labute approximate surface area is 143 Å². The van der Waals surface area contributed by atoms with Gasteiger partial charge >= 0.3 is 0 Å². The number of benzene rings is 2. The van der Waals surface area contributed by atoms with Crippen LogP contribution in [0.3, 0.4) is 0 Å². The van der Waals surface area contributed by atoms with Gasteiger partial charge in [0, 0.05) is 23.4 Å². The van der Waals surface area contributed by atoms with Gasteiger partial charge in [0.1, 0.15) is 11.5 Å². The van der Waals surface area contributed by atoms with Crippen molar-refractivity contribution >= 4 is 22.7 Å². The van der Waals surface area contributed by atoms with Crippen LogP contribution in [0.5, 0.6) is 0 Å². The van der Waals surface area contributed by atoms with Crippen LogP contribution < -0.4 is 5.32 Å². The quantitative estimate of drug-likeness (QED) is 0.699. The monoisotopic (exact) mass is 340 g/mol. The predicted octanol–water partition coefficient (Wildman–Crippen LogP) is 3.29. The highest BCUT2D eigenvalue weighted by Crippen LogP contribution is 2.18. The van der Waals surface area contributed by atoms with E-state index in [1.54, 1.807) is 13.0 Å². The maximum Gasteiger partial charge on any atom is 0.226 e. The van der Waals surface area contributed by atoms with E-state index in [0.29, 0.717) is 16.8 Å². The molecule has 0 saturated carbocycles. The number of halogens is 1. The molecular weight excluding hydrogens is 323 g/mol. The smallest absolute Gasteiger partial charge is 0.226 e. The van der Waals surface area contributed by atoms with Crippen LogP contribution in [0.4, 0.5) is 4.39 Å². The fourth-order valence-electron chi connectivity index (χ4n) is 2.63. The molecule has 1 heterocycles. The SMILES string of the molecule is C[C@@H](CC(=O)c1ccc(F)cc1)NC(=O)Cc1noc2ccccc12. The minimum Gasteiger partial charge on any atom is -0.356 e. The van der Waals surface area contributed by atoms with E-state index < -0.39 is 5.82 Å². The lowest BCUT2D eigenvalue weighted by Gasteiger charge is -2.12. The Morgan fingerprint density at radius 2 is 1.88 bits per heavy atom. The van der Waals surface area contributed by atoms with Crippen LogP contribution in [0, 0.1) is 5.82 Å². The second-order valence-corrected chi connectivity index (χ2v) is 5.90. The lowest BCUT2D eigenvalue weighted by atomic mass is 10.0. The van der Waals surface area contributed by atoms with Crippen molar-refractivity contribution in [3.63, 3.8) is 0 Å². The number of amides is 1. The number of fused-ring (bicyclic) bond motifs is 1. The van der Waals surface area contributed by atoms with Crippen molar-refractivity contribution in [2.24, 2.45) is 0 Å². The van der Waals surface area contributed by atoms with Gasteiger partial charge in [0.2, 0.25) is 5.91 Å². The summed E-state index contributed by atoms with van der Waals surface area (Å²) in [4.78, 5) is 24.3. The lowest BCUT2D eigenvalue weighted by Crippen LogP contribution is -2.35. The number of nitrogens with zero attached hydrogens (tertiary/aromatic N) is 1. The summed E-state index contributed by atoms with van der Waals surface area (Å²) in [5.41, 5.74) is 1.61. The van der Waals surface area contributed by atoms with E-state index in [4.69, 9.17) is 4.52 Å². The van der Waals surface area contributed by atoms with E-state index in [0.717, 1.165) is 5.39 Å². The molecule has 1 N–H and O–H groups in total. The largest absolute Gasteiger partial charge is 0.356 e. The molecule has 0 spiro atoms. The average molecular weight is 340 g/mol. The molecular formula is C19H17FN2O3. The van der Waals surface area contributed by atoms with Crippen LogP contribution in [-0.4, -0.2) is 22.9 Å². The zero-order valence-electron chi connectivity index (χ0n) is 13.7. The Hall–Kier alpha value is -3.02. The summed E-state index contributed by atoms with van der Waals surface area (Å²) in [6.45, 7) is 1.75. The number of hydrogen-bond acceptors (Lipinski definition) is 4. The van der Waals surface area contributed by atoms with Crippen LogP contribution >= 0.6 is 0 Å². The van der Waals surface area contributed by atoms with Crippen LogP contribution in [0.25, 0.3) is 11.0 Å². The third-order valence-electron chi connectivity index (χ3n) is 3.85. The highest BCUT2D eigenvalue weighted by Gasteiger charge is 2.16. The van der Waals surface area contributed by atoms with Crippen molar-refractivity contribution in [2.45, 2.75) is 25.8 Å². The Morgan fingerprint density at radius 3 is 2.64 bits per heavy atom. The number of carbonyl (C=O) groups is 2. The van der Waals surface area contributed by atoms with E-state index >= 15 is 0 Å². The highest BCUT2D eigenvalue weighted by molar-refractivity contribution is 5.96. The first-order valence-electron chi connectivity index (χ1n) is 7.94. The molecule has 5 nitrogen and oxygen atoms in total. The maximum absolute atomic E-state index is 12.9. The van der Waals surface area contributed by atoms with Gasteiger partial charge in [-0.15, -0.1) is 0 Å². The van der Waals surface area contributed by atoms with Gasteiger partial charge in [0.05, 0.1) is 6.42 Å². The van der Waals surface area contributed by atoms with Gasteiger partial charge in [0.25, 0.3) is 0 Å². The van der Waals surface area contributed by atoms with Crippen LogP contribution in [0.15, 0.2) is 53.1 Å². The summed E-state index contributed by atoms with van der Waals surface area (Å²) in [6.07, 6.45) is 0.211. The number of para-hydroxylation sites is 1. The average Bonchev–Trinajstić information content (AvgIpc) is 2.98. The number of rotatable bonds is 6. The molecule has 6 heteroatoms. The molecule has 128 valence electrons. The normalized spacial score (nSPS) is 12.1. The van der Waals surface area contributed by atoms with Crippen molar-refractivity contribution in [1.82, 2.24) is 10.5 Å². The van der Waals surface area contributed by atoms with Crippen molar-refractivity contribution in [3.8, 4) is 0 Å². The lowest BCUT2D eigenvalue weighted by molar-refractivity contribution is -0.121. The molecule has 3 rings (SSSR count). The van der Waals surface area contributed by atoms with Gasteiger partial charge in [-0.25, -0.2) is 4.39 Å². The molecule has 0 aliphatic rings. The first kappa shape index (κ1) is 16.8. The van der Waals surface area contributed by atoms with E-state index in [1.807, 2.05) is 18.2 Å². The second-order valence-electron chi connectivity index (χ2n) is 5.90. The van der Waals surface area contributed by atoms with Crippen LogP contribution in [-0.2, 0) is 11.2 Å². The molecule has 1 aromatic heterocycles. The summed E-state index contributed by atoms with van der Waals surface area (Å²) in [5, 5.41) is 7.50. The summed E-state index contributed by atoms with van der Waals surface area (Å²) in [7, 11) is 0. The Balaban J connectivity index is 1.57. The summed E-state index contributed by atoms with van der Waals surface area (Å²) in [5.74, 6) is -0.782. The number of carbonyl (C=O) groups excluding carboxylic acids is 2. The highest BCUT2D eigenvalue weighted by atomic mass is 19.1. The first-order valence-corrected chi connectivity index (χ1v) is 7.94. The van der Waals surface area contributed by atoms with Crippen LogP contribution in [0.2, 0.25) is 0 Å². The molecule has 25 heavy (non-hydrogen) atoms. The molecule has 0 saturated heterocycles. The number of aromatic nitrogens is 1. The fourth-order valence-corrected chi connectivity index (χ4v) is 2.63. The van der Waals surface area contributed by atoms with Gasteiger partial charge < -0.3 is 9.84 Å². The molecule has 1 atom stereocenters. The van der Waals surface area contributed by atoms with Crippen molar-refractivity contribution in [2.75, 3.05) is 0 Å². The summed E-state index contributed by atoms with van der Waals surface area (Å²) in [6, 6.07) is 12.3. The molecule has 3 aromatic rings. The van der Waals surface area contributed by atoms with Gasteiger partial charge in [-0.1, -0.05) is 17.3 Å². The van der Waals surface area contributed by atoms with E-state index in [-0.39, 0.29) is 30.6 Å². The second kappa shape index (κ2) is 7.25. The summed E-state index contributed by atoms with van der Waals surface area (Å²) < 4.78 is 18.1. The maximum atomic E-state index is 12.9. The Morgan fingerprint density at radius 1 is 1.16 bits per heavy atom. The molecule has 0 unspecified atom stereocenters. The number of nitrogens with one attached hydrogen (secondary N) is 1. The minimum atomic E-state index is -0.391. The number of hydrogen-bond donors (Lipinski definition) is 1. The van der Waals surface area contributed by atoms with Gasteiger partial charge in [0.15, 0.2) is 11.4 Å². The van der Waals surface area contributed by atoms with Crippen molar-refractivity contribution in [3.05, 3.63) is 65.6 Å². The third-order valence-corrected chi connectivity index (χ3v) is 3.85. The number of ketones is 1. The molecule has 0 fully saturated rings. The molecule has 0 bridgehead atoms. The zero-order chi connectivity index (χ0) is 17.8. The van der Waals surface area contributed by atoms with Crippen LogP contribution in [0.1, 0.15) is 29.4 Å². The topological polar surface area (TPSA) is 72.2 Å². The van der Waals surface area contributed by atoms with E-state index in [1.165, 1.54) is 24.3 Å². The first-order chi connectivity index (χ1) is 12.0. The molecule has 0 radical (unpaired) electrons. The van der Waals surface area contributed by atoms with E-state index in [2.05, 4.69) is 10.5 Å². The van der Waals surface area contributed by atoms with Gasteiger partial charge in [-0.2, -0.15) is 0 Å². The molecule has 2 aromatic carbocycles. The molecule has 0 aliphatic heterocycles. The number of Topliss-reactive ketones (excluding diaryl/α,β-unsaturated/α-hetero) is 1. The third kappa shape index (κ3) is 4.09. The van der Waals surface area contributed by atoms with Gasteiger partial charge in [-0.3, -0.25) is 9.59 Å². The van der Waals surface area contributed by atoms with E-state index in [9.17, 15) is 14.0 Å². The predicted molar refractivity (Wildman–Crippen MR) is 90.7 cm³/mol. The zero-order valence-corrected chi connectivity index (χ0v) is 13.7. The standard InChI is InChI=1S/C19H17FN2O3/c1-12(10-17(23)13-6-8-14(20)9-7-13)21-19(24)11-16-15-4-2-3-5-18(15)25-22-16/h2-9,12H,10-11H2,1H3,(H,21,24)/t12-/m0/s1. The Kier molecular flexibility index (Phi) is 4.88. The van der Waals surface area contributed by atoms with Crippen molar-refractivity contribution in [1.29, 1.82) is 0 Å². The minimum absolute atomic E-state index is 0.0755. The Bertz CT molecular complexity index is 902. The van der Waals surface area contributed by atoms with Crippen molar-refractivity contribution < 1.29 is 18.5 Å². The molecule has 0 aliphatic carbocycles.